The van der Waals surface area contributed by atoms with Crippen LogP contribution in [0.15, 0.2) is 24.3 Å². The van der Waals surface area contributed by atoms with Crippen LogP contribution in [-0.2, 0) is 20.3 Å². The first-order chi connectivity index (χ1) is 13.3. The van der Waals surface area contributed by atoms with Gasteiger partial charge in [-0.15, -0.1) is 0 Å². The van der Waals surface area contributed by atoms with Crippen LogP contribution in [0.5, 0.6) is 0 Å². The van der Waals surface area contributed by atoms with E-state index in [1.165, 1.54) is 0 Å². The van der Waals surface area contributed by atoms with Crippen molar-refractivity contribution in [3.63, 3.8) is 0 Å². The van der Waals surface area contributed by atoms with Crippen LogP contribution in [0.1, 0.15) is 46.6 Å². The van der Waals surface area contributed by atoms with Crippen LogP contribution in [0.4, 0.5) is 32.0 Å². The summed E-state index contributed by atoms with van der Waals surface area (Å²) in [4.78, 5) is 12.8. The summed E-state index contributed by atoms with van der Waals surface area (Å²) in [5.74, 6) is -0.991. The lowest BCUT2D eigenvalue weighted by molar-refractivity contribution is -0.162. The summed E-state index contributed by atoms with van der Waals surface area (Å²) in [6.45, 7) is 8.06. The van der Waals surface area contributed by atoms with Crippen LogP contribution in [-0.4, -0.2) is 30.4 Å². The van der Waals surface area contributed by atoms with E-state index in [1.807, 2.05) is 0 Å². The molecule has 1 atom stereocenters. The Labute approximate surface area is 171 Å². The predicted molar refractivity (Wildman–Crippen MR) is 99.7 cm³/mol. The molecule has 0 spiro atoms. The molecule has 30 heavy (non-hydrogen) atoms. The van der Waals surface area contributed by atoms with E-state index in [1.54, 1.807) is 27.7 Å². The maximum Gasteiger partial charge on any atom is 0.458 e. The van der Waals surface area contributed by atoms with E-state index in [4.69, 9.17) is 9.31 Å². The van der Waals surface area contributed by atoms with Gasteiger partial charge in [-0.05, 0) is 58.3 Å². The average molecular weight is 439 g/mol. The summed E-state index contributed by atoms with van der Waals surface area (Å²) in [6.07, 6.45) is -11.1. The molecule has 0 radical (unpaired) electrons. The molecule has 1 aromatic rings. The molecule has 0 aromatic heterocycles. The third-order valence-electron chi connectivity index (χ3n) is 5.53. The Hall–Kier alpha value is -1.75. The minimum absolute atomic E-state index is 0.0460. The van der Waals surface area contributed by atoms with E-state index in [9.17, 15) is 31.1 Å². The zero-order valence-corrected chi connectivity index (χ0v) is 17.3. The number of nitrogens with one attached hydrogen (secondary N) is 1. The Balaban J connectivity index is 2.22. The molecule has 0 saturated carbocycles. The van der Waals surface area contributed by atoms with Crippen molar-refractivity contribution in [2.75, 3.05) is 5.32 Å². The molecular weight excluding hydrogens is 415 g/mol. The Morgan fingerprint density at radius 3 is 1.83 bits per heavy atom. The second kappa shape index (κ2) is 7.74. The van der Waals surface area contributed by atoms with E-state index >= 15 is 0 Å². The predicted octanol–water partition coefficient (Wildman–Crippen LogP) is 5.69. The third kappa shape index (κ3) is 5.69. The number of alkyl halides is 6. The number of carbonyl (C=O) groups excluding carboxylic acids is 1. The number of halogens is 6. The van der Waals surface area contributed by atoms with Crippen molar-refractivity contribution in [1.29, 1.82) is 0 Å². The first-order valence-corrected chi connectivity index (χ1v) is 9.26. The molecule has 1 aromatic carbocycles. The molecular formula is C19H24BF6NO3. The molecule has 1 fully saturated rings. The summed E-state index contributed by atoms with van der Waals surface area (Å²) in [5.41, 5.74) is -4.53. The molecule has 1 saturated heterocycles. The standard InChI is InChI=1S/C19H24BF6NO3/c1-15(2)16(3,4)30-20(29-15)11-17(5,10-18(21,22)23)14(28)27-13-8-6-12(7-9-13)19(24,25)26/h6-9H,10-11H2,1-5H3,(H,27,28). The number of hydrogen-bond acceptors (Lipinski definition) is 3. The smallest absolute Gasteiger partial charge is 0.403 e. The lowest BCUT2D eigenvalue weighted by Gasteiger charge is -2.32. The quantitative estimate of drug-likeness (QED) is 0.474. The Bertz CT molecular complexity index is 760. The second-order valence-electron chi connectivity index (χ2n) is 8.77. The van der Waals surface area contributed by atoms with Gasteiger partial charge in [0.25, 0.3) is 0 Å². The van der Waals surface area contributed by atoms with Crippen molar-refractivity contribution >= 4 is 18.7 Å². The van der Waals surface area contributed by atoms with E-state index < -0.39 is 54.0 Å². The zero-order valence-electron chi connectivity index (χ0n) is 17.3. The van der Waals surface area contributed by atoms with Gasteiger partial charge in [-0.1, -0.05) is 6.92 Å². The highest BCUT2D eigenvalue weighted by Gasteiger charge is 2.55. The second-order valence-corrected chi connectivity index (χ2v) is 8.77. The van der Waals surface area contributed by atoms with Crippen molar-refractivity contribution in [3.8, 4) is 0 Å². The number of hydrogen-bond donors (Lipinski definition) is 1. The number of rotatable bonds is 5. The molecule has 1 aliphatic rings. The van der Waals surface area contributed by atoms with Crippen molar-refractivity contribution in [1.82, 2.24) is 0 Å². The SMILES string of the molecule is CC(CB1OC(C)(C)C(C)(C)O1)(CC(F)(F)F)C(=O)Nc1ccc(C(F)(F)F)cc1. The average Bonchev–Trinajstić information content (AvgIpc) is 2.71. The minimum Gasteiger partial charge on any atom is -0.403 e. The van der Waals surface area contributed by atoms with Crippen LogP contribution in [0.25, 0.3) is 0 Å². The Morgan fingerprint density at radius 1 is 0.967 bits per heavy atom. The van der Waals surface area contributed by atoms with Crippen LogP contribution < -0.4 is 5.32 Å². The number of amides is 1. The highest BCUT2D eigenvalue weighted by molar-refractivity contribution is 6.46. The minimum atomic E-state index is -4.66. The summed E-state index contributed by atoms with van der Waals surface area (Å²) in [5, 5.41) is 2.28. The van der Waals surface area contributed by atoms with Gasteiger partial charge in [-0.25, -0.2) is 0 Å². The third-order valence-corrected chi connectivity index (χ3v) is 5.53. The summed E-state index contributed by atoms with van der Waals surface area (Å²) < 4.78 is 89.2. The number of benzene rings is 1. The van der Waals surface area contributed by atoms with E-state index in [2.05, 4.69) is 5.32 Å². The van der Waals surface area contributed by atoms with Gasteiger partial charge < -0.3 is 14.6 Å². The van der Waals surface area contributed by atoms with Gasteiger partial charge in [0.05, 0.1) is 28.6 Å². The normalized spacial score (nSPS) is 20.7. The maximum atomic E-state index is 13.2. The molecule has 2 rings (SSSR count). The van der Waals surface area contributed by atoms with Gasteiger partial charge in [-0.3, -0.25) is 4.79 Å². The monoisotopic (exact) mass is 439 g/mol. The molecule has 168 valence electrons. The van der Waals surface area contributed by atoms with Crippen LogP contribution in [0.2, 0.25) is 6.32 Å². The van der Waals surface area contributed by atoms with Gasteiger partial charge >= 0.3 is 19.5 Å². The molecule has 1 aliphatic heterocycles. The van der Waals surface area contributed by atoms with E-state index in [-0.39, 0.29) is 12.0 Å². The lowest BCUT2D eigenvalue weighted by Crippen LogP contribution is -2.41. The van der Waals surface area contributed by atoms with Crippen molar-refractivity contribution in [2.24, 2.45) is 5.41 Å². The molecule has 1 unspecified atom stereocenters. The highest BCUT2D eigenvalue weighted by atomic mass is 19.4. The van der Waals surface area contributed by atoms with Crippen LogP contribution in [0, 0.1) is 5.41 Å². The maximum absolute atomic E-state index is 13.2. The number of carbonyl (C=O) groups is 1. The summed E-state index contributed by atoms with van der Waals surface area (Å²) in [6, 6.07) is 3.46. The highest BCUT2D eigenvalue weighted by Crippen LogP contribution is 2.44. The van der Waals surface area contributed by atoms with E-state index in [0.717, 1.165) is 31.2 Å². The van der Waals surface area contributed by atoms with Gasteiger partial charge in [0.15, 0.2) is 0 Å². The first kappa shape index (κ1) is 24.5. The summed E-state index contributed by atoms with van der Waals surface area (Å²) >= 11 is 0. The molecule has 4 nitrogen and oxygen atoms in total. The molecule has 0 bridgehead atoms. The first-order valence-electron chi connectivity index (χ1n) is 9.26. The van der Waals surface area contributed by atoms with Crippen molar-refractivity contribution in [3.05, 3.63) is 29.8 Å². The van der Waals surface area contributed by atoms with Gasteiger partial charge in [0.1, 0.15) is 0 Å². The molecule has 0 aliphatic carbocycles. The lowest BCUT2D eigenvalue weighted by atomic mass is 9.66. The molecule has 11 heteroatoms. The van der Waals surface area contributed by atoms with E-state index in [0.29, 0.717) is 0 Å². The Morgan fingerprint density at radius 2 is 1.43 bits per heavy atom. The largest absolute Gasteiger partial charge is 0.458 e. The topological polar surface area (TPSA) is 47.6 Å². The number of anilines is 1. The fourth-order valence-electron chi connectivity index (χ4n) is 3.13. The molecule has 1 heterocycles. The van der Waals surface area contributed by atoms with Crippen LogP contribution in [0.3, 0.4) is 0 Å². The zero-order chi connectivity index (χ0) is 23.2. The van der Waals surface area contributed by atoms with Gasteiger partial charge in [0, 0.05) is 5.69 Å². The fourth-order valence-corrected chi connectivity index (χ4v) is 3.13. The van der Waals surface area contributed by atoms with Crippen molar-refractivity contribution in [2.45, 2.75) is 70.9 Å². The summed E-state index contributed by atoms with van der Waals surface area (Å²) in [7, 11) is -1.05. The Kier molecular flexibility index (Phi) is 6.33. The fraction of sp³-hybridized carbons (Fsp3) is 0.632. The van der Waals surface area contributed by atoms with Gasteiger partial charge in [0.2, 0.25) is 5.91 Å². The molecule has 1 N–H and O–H groups in total. The van der Waals surface area contributed by atoms with Crippen molar-refractivity contribution < 1.29 is 40.4 Å². The molecule has 1 amide bonds. The van der Waals surface area contributed by atoms with Gasteiger partial charge in [-0.2, -0.15) is 26.3 Å². The van der Waals surface area contributed by atoms with Crippen LogP contribution >= 0.6 is 0 Å².